The number of nitrogens with one attached hydrogen (secondary N) is 2. The first kappa shape index (κ1) is 21.2. The summed E-state index contributed by atoms with van der Waals surface area (Å²) in [6, 6.07) is 11.1. The number of ether oxygens (including phenoxy) is 1. The lowest BCUT2D eigenvalue weighted by atomic mass is 9.87. The number of halogens is 2. The second-order valence-corrected chi connectivity index (χ2v) is 7.60. The van der Waals surface area contributed by atoms with Crippen LogP contribution in [0.25, 0.3) is 0 Å². The average molecular weight is 393 g/mol. The third kappa shape index (κ3) is 5.21. The molecule has 146 valence electrons. The fourth-order valence-electron chi connectivity index (χ4n) is 3.02. The van der Waals surface area contributed by atoms with E-state index in [4.69, 9.17) is 4.74 Å². The molecule has 1 aliphatic heterocycles. The second kappa shape index (κ2) is 8.72. The Morgan fingerprint density at radius 3 is 2.56 bits per heavy atom. The lowest BCUT2D eigenvalue weighted by Crippen LogP contribution is -2.26. The zero-order valence-corrected chi connectivity index (χ0v) is 16.7. The number of carbonyl (C=O) groups is 1. The van der Waals surface area contributed by atoms with E-state index < -0.39 is 0 Å². The van der Waals surface area contributed by atoms with Gasteiger partial charge in [0.1, 0.15) is 11.6 Å². The zero-order valence-electron chi connectivity index (χ0n) is 15.9. The highest BCUT2D eigenvalue weighted by atomic mass is 35.5. The van der Waals surface area contributed by atoms with E-state index in [2.05, 4.69) is 31.4 Å². The predicted molar refractivity (Wildman–Crippen MR) is 108 cm³/mol. The van der Waals surface area contributed by atoms with Crippen LogP contribution in [0.5, 0.6) is 5.75 Å². The molecule has 1 heterocycles. The first-order valence-corrected chi connectivity index (χ1v) is 8.89. The quantitative estimate of drug-likeness (QED) is 0.819. The molecule has 0 aromatic heterocycles. The van der Waals surface area contributed by atoms with E-state index >= 15 is 0 Å². The second-order valence-electron chi connectivity index (χ2n) is 7.60. The monoisotopic (exact) mass is 392 g/mol. The minimum absolute atomic E-state index is 0. The van der Waals surface area contributed by atoms with Gasteiger partial charge in [-0.25, -0.2) is 4.39 Å². The Labute approximate surface area is 165 Å². The van der Waals surface area contributed by atoms with Gasteiger partial charge in [-0.2, -0.15) is 0 Å². The van der Waals surface area contributed by atoms with Crippen molar-refractivity contribution in [2.75, 3.05) is 18.5 Å². The van der Waals surface area contributed by atoms with Gasteiger partial charge in [-0.15, -0.1) is 12.4 Å². The molecule has 1 amide bonds. The molecule has 4 nitrogen and oxygen atoms in total. The van der Waals surface area contributed by atoms with Crippen molar-refractivity contribution < 1.29 is 13.9 Å². The Kier molecular flexibility index (Phi) is 6.84. The number of amides is 1. The van der Waals surface area contributed by atoms with Crippen molar-refractivity contribution in [2.45, 2.75) is 39.2 Å². The Hall–Kier alpha value is -2.11. The highest BCUT2D eigenvalue weighted by molar-refractivity contribution is 5.92. The molecule has 0 atom stereocenters. The van der Waals surface area contributed by atoms with Crippen LogP contribution in [-0.2, 0) is 23.2 Å². The molecule has 0 unspecified atom stereocenters. The molecule has 0 fully saturated rings. The van der Waals surface area contributed by atoms with Crippen LogP contribution in [0.3, 0.4) is 0 Å². The molecule has 0 saturated carbocycles. The summed E-state index contributed by atoms with van der Waals surface area (Å²) in [5.41, 5.74) is 3.10. The normalized spacial score (nSPS) is 13.3. The molecule has 2 aromatic rings. The molecule has 0 bridgehead atoms. The molecule has 3 rings (SSSR count). The molecule has 0 spiro atoms. The van der Waals surface area contributed by atoms with Crippen LogP contribution >= 0.6 is 12.4 Å². The number of benzene rings is 2. The van der Waals surface area contributed by atoms with E-state index in [1.54, 1.807) is 6.07 Å². The first-order valence-electron chi connectivity index (χ1n) is 8.89. The van der Waals surface area contributed by atoms with Crippen LogP contribution < -0.4 is 15.4 Å². The van der Waals surface area contributed by atoms with Gasteiger partial charge in [0.25, 0.3) is 5.91 Å². The average Bonchev–Trinajstić information content (AvgIpc) is 2.62. The molecule has 0 saturated heterocycles. The van der Waals surface area contributed by atoms with Crippen LogP contribution in [-0.4, -0.2) is 19.1 Å². The van der Waals surface area contributed by atoms with Crippen molar-refractivity contribution in [3.63, 3.8) is 0 Å². The van der Waals surface area contributed by atoms with Gasteiger partial charge in [0.15, 0.2) is 6.61 Å². The minimum Gasteiger partial charge on any atom is -0.484 e. The van der Waals surface area contributed by atoms with Gasteiger partial charge in [0.2, 0.25) is 0 Å². The Balaban J connectivity index is 0.00000261. The van der Waals surface area contributed by atoms with E-state index in [-0.39, 0.29) is 41.8 Å². The summed E-state index contributed by atoms with van der Waals surface area (Å²) in [5.74, 6) is -0.102. The summed E-state index contributed by atoms with van der Waals surface area (Å²) in [6.07, 6.45) is 0.626. The third-order valence-electron chi connectivity index (χ3n) is 4.57. The number of fused-ring (bicyclic) bond motifs is 1. The van der Waals surface area contributed by atoms with Gasteiger partial charge in [-0.1, -0.05) is 39.0 Å². The highest BCUT2D eigenvalue weighted by Crippen LogP contribution is 2.25. The van der Waals surface area contributed by atoms with Crippen molar-refractivity contribution in [2.24, 2.45) is 0 Å². The van der Waals surface area contributed by atoms with E-state index in [1.807, 2.05) is 30.3 Å². The van der Waals surface area contributed by atoms with Crippen LogP contribution in [0.2, 0.25) is 0 Å². The molecule has 0 aliphatic carbocycles. The lowest BCUT2D eigenvalue weighted by Gasteiger charge is -2.20. The smallest absolute Gasteiger partial charge is 0.262 e. The van der Waals surface area contributed by atoms with Gasteiger partial charge >= 0.3 is 0 Å². The number of anilines is 1. The zero-order chi connectivity index (χ0) is 18.7. The Morgan fingerprint density at radius 2 is 1.89 bits per heavy atom. The summed E-state index contributed by atoms with van der Waals surface area (Å²) in [7, 11) is 0. The topological polar surface area (TPSA) is 50.4 Å². The summed E-state index contributed by atoms with van der Waals surface area (Å²) in [5, 5.41) is 5.81. The number of rotatable bonds is 4. The van der Waals surface area contributed by atoms with Crippen molar-refractivity contribution in [3.8, 4) is 5.75 Å². The summed E-state index contributed by atoms with van der Waals surface area (Å²) in [4.78, 5) is 12.1. The van der Waals surface area contributed by atoms with E-state index in [0.717, 1.165) is 12.1 Å². The maximum absolute atomic E-state index is 14.6. The predicted octanol–water partition coefficient (Wildman–Crippen LogP) is 4.21. The molecule has 2 aromatic carbocycles. The summed E-state index contributed by atoms with van der Waals surface area (Å²) in [6.45, 7) is 7.66. The van der Waals surface area contributed by atoms with Gasteiger partial charge < -0.3 is 15.4 Å². The minimum atomic E-state index is -0.377. The molecule has 1 aliphatic rings. The third-order valence-corrected chi connectivity index (χ3v) is 4.57. The van der Waals surface area contributed by atoms with E-state index in [1.165, 1.54) is 5.56 Å². The van der Waals surface area contributed by atoms with Gasteiger partial charge in [-0.3, -0.25) is 4.79 Å². The largest absolute Gasteiger partial charge is 0.484 e. The molecular formula is C21H26ClFN2O2. The molecule has 6 heteroatoms. The summed E-state index contributed by atoms with van der Waals surface area (Å²) < 4.78 is 20.1. The van der Waals surface area contributed by atoms with Crippen LogP contribution in [0.1, 0.15) is 37.5 Å². The number of carbonyl (C=O) groups excluding carboxylic acids is 1. The Morgan fingerprint density at radius 1 is 1.19 bits per heavy atom. The maximum atomic E-state index is 14.6. The maximum Gasteiger partial charge on any atom is 0.262 e. The van der Waals surface area contributed by atoms with Gasteiger partial charge in [0.05, 0.1) is 5.69 Å². The van der Waals surface area contributed by atoms with Crippen LogP contribution in [0.4, 0.5) is 10.1 Å². The fraction of sp³-hybridized carbons (Fsp3) is 0.381. The van der Waals surface area contributed by atoms with Crippen LogP contribution in [0, 0.1) is 5.82 Å². The SMILES string of the molecule is CC(C)(C)c1ccc(OCC(=O)Nc2ccc3c(c2F)CCNC3)cc1.Cl. The first-order chi connectivity index (χ1) is 12.3. The lowest BCUT2D eigenvalue weighted by molar-refractivity contribution is -0.118. The standard InChI is InChI=1S/C21H25FN2O2.ClH/c1-21(2,3)15-5-7-16(8-6-15)26-13-19(25)24-18-9-4-14-12-23-11-10-17(14)20(18)22;/h4-9,23H,10-13H2,1-3H3,(H,24,25);1H. The van der Waals surface area contributed by atoms with E-state index in [0.29, 0.717) is 24.3 Å². The molecule has 2 N–H and O–H groups in total. The van der Waals surface area contributed by atoms with Crippen molar-refractivity contribution >= 4 is 24.0 Å². The van der Waals surface area contributed by atoms with Gasteiger partial charge in [-0.05, 0) is 53.3 Å². The summed E-state index contributed by atoms with van der Waals surface area (Å²) >= 11 is 0. The van der Waals surface area contributed by atoms with Crippen molar-refractivity contribution in [3.05, 3.63) is 58.9 Å². The molecule has 0 radical (unpaired) electrons. The number of hydrogen-bond acceptors (Lipinski definition) is 3. The fourth-order valence-corrected chi connectivity index (χ4v) is 3.02. The molecular weight excluding hydrogens is 367 g/mol. The Bertz CT molecular complexity index is 801. The van der Waals surface area contributed by atoms with Gasteiger partial charge in [0, 0.05) is 6.54 Å². The van der Waals surface area contributed by atoms with Crippen molar-refractivity contribution in [1.82, 2.24) is 5.32 Å². The molecule has 27 heavy (non-hydrogen) atoms. The highest BCUT2D eigenvalue weighted by Gasteiger charge is 2.18. The van der Waals surface area contributed by atoms with E-state index in [9.17, 15) is 9.18 Å². The van der Waals surface area contributed by atoms with Crippen LogP contribution in [0.15, 0.2) is 36.4 Å². The van der Waals surface area contributed by atoms with Crippen molar-refractivity contribution in [1.29, 1.82) is 0 Å². The number of hydrogen-bond donors (Lipinski definition) is 2.